The van der Waals surface area contributed by atoms with Gasteiger partial charge in [0.05, 0.1) is 17.3 Å². The fourth-order valence-corrected chi connectivity index (χ4v) is 6.57. The summed E-state index contributed by atoms with van der Waals surface area (Å²) in [4.78, 5) is 33.5. The molecule has 9 nitrogen and oxygen atoms in total. The fraction of sp³-hybridized carbons (Fsp3) is 0.393. The highest BCUT2D eigenvalue weighted by Crippen LogP contribution is 2.51. The number of amides is 1. The summed E-state index contributed by atoms with van der Waals surface area (Å²) in [5.74, 6) is 2.36. The molecule has 2 aliphatic rings. The molecule has 4 heterocycles. The number of likely N-dealkylation sites (tertiary alicyclic amines) is 1. The molecule has 1 amide bonds. The Kier molecular flexibility index (Phi) is 7.07. The molecule has 2 aromatic heterocycles. The third-order valence-corrected chi connectivity index (χ3v) is 8.91. The topological polar surface area (TPSA) is 119 Å². The first kappa shape index (κ1) is 26.7. The Morgan fingerprint density at radius 2 is 2.08 bits per heavy atom. The lowest BCUT2D eigenvalue weighted by Gasteiger charge is -2.47. The maximum Gasteiger partial charge on any atom is 0.239 e. The Morgan fingerprint density at radius 3 is 2.82 bits per heavy atom. The zero-order chi connectivity index (χ0) is 27.8. The van der Waals surface area contributed by atoms with Gasteiger partial charge in [0.25, 0.3) is 0 Å². The van der Waals surface area contributed by atoms with Gasteiger partial charge in [-0.1, -0.05) is 24.6 Å². The van der Waals surface area contributed by atoms with Crippen LogP contribution in [-0.2, 0) is 10.3 Å². The van der Waals surface area contributed by atoms with Gasteiger partial charge in [0, 0.05) is 36.5 Å². The standard InChI is InChI=1S/C28H30FN7O2S/c1-5-14-38-22-16-32-23-21(34-22)10-11-31-24(23)33-18-8-9-20(29)19(15-18)27(3)17(2)28(4,39-26(30)35-27)25(37)36-12-6-7-13-36/h1,8-11,15-17H,6-7,12-14H2,2-4H3,(H2,30,35)(H,31,33)/t17-,27-,28-/m0/s1. The first-order chi connectivity index (χ1) is 18.7. The van der Waals surface area contributed by atoms with Crippen LogP contribution in [0.15, 0.2) is 41.7 Å². The van der Waals surface area contributed by atoms with E-state index in [0.717, 1.165) is 25.9 Å². The van der Waals surface area contributed by atoms with Crippen molar-refractivity contribution in [3.05, 3.63) is 48.0 Å². The van der Waals surface area contributed by atoms with Crippen LogP contribution in [0.1, 0.15) is 39.2 Å². The van der Waals surface area contributed by atoms with Gasteiger partial charge in [-0.15, -0.1) is 6.42 Å². The van der Waals surface area contributed by atoms with Gasteiger partial charge in [0.2, 0.25) is 11.8 Å². The Balaban J connectivity index is 1.49. The van der Waals surface area contributed by atoms with E-state index < -0.39 is 16.1 Å². The van der Waals surface area contributed by atoms with Gasteiger partial charge in [0.1, 0.15) is 16.1 Å². The van der Waals surface area contributed by atoms with Gasteiger partial charge in [-0.05, 0) is 51.0 Å². The number of hydrogen-bond acceptors (Lipinski definition) is 9. The van der Waals surface area contributed by atoms with E-state index in [1.165, 1.54) is 24.0 Å². The number of halogens is 1. The first-order valence-electron chi connectivity index (χ1n) is 12.7. The molecule has 3 aromatic rings. The van der Waals surface area contributed by atoms with Crippen LogP contribution in [0.25, 0.3) is 11.0 Å². The number of fused-ring (bicyclic) bond motifs is 1. The van der Waals surface area contributed by atoms with Crippen LogP contribution < -0.4 is 15.8 Å². The number of aliphatic imine (C=N–C) groups is 1. The lowest BCUT2D eigenvalue weighted by atomic mass is 9.73. The van der Waals surface area contributed by atoms with Gasteiger partial charge in [-0.25, -0.2) is 19.3 Å². The van der Waals surface area contributed by atoms with E-state index in [1.54, 1.807) is 24.4 Å². The summed E-state index contributed by atoms with van der Waals surface area (Å²) >= 11 is 1.26. The minimum Gasteiger partial charge on any atom is -0.463 e. The quantitative estimate of drug-likeness (QED) is 0.441. The largest absolute Gasteiger partial charge is 0.463 e. The lowest BCUT2D eigenvalue weighted by molar-refractivity contribution is -0.134. The van der Waals surface area contributed by atoms with Crippen LogP contribution in [0.2, 0.25) is 0 Å². The molecule has 0 spiro atoms. The second-order valence-corrected chi connectivity index (χ2v) is 11.5. The van der Waals surface area contributed by atoms with Crippen molar-refractivity contribution in [2.75, 3.05) is 25.0 Å². The zero-order valence-corrected chi connectivity index (χ0v) is 22.9. The van der Waals surface area contributed by atoms with E-state index in [1.807, 2.05) is 25.7 Å². The average molecular weight is 548 g/mol. The third kappa shape index (κ3) is 4.85. The highest BCUT2D eigenvalue weighted by atomic mass is 32.2. The molecule has 1 saturated heterocycles. The molecule has 0 aliphatic carbocycles. The predicted molar refractivity (Wildman–Crippen MR) is 151 cm³/mol. The number of nitrogens with two attached hydrogens (primary N) is 1. The third-order valence-electron chi connectivity index (χ3n) is 7.66. The normalized spacial score (nSPS) is 24.7. The molecule has 39 heavy (non-hydrogen) atoms. The number of terminal acetylenes is 1. The second kappa shape index (κ2) is 10.3. The summed E-state index contributed by atoms with van der Waals surface area (Å²) in [7, 11) is 0. The number of ether oxygens (including phenoxy) is 1. The van der Waals surface area contributed by atoms with Crippen LogP contribution in [0.3, 0.4) is 0 Å². The van der Waals surface area contributed by atoms with Crippen LogP contribution in [0.5, 0.6) is 5.88 Å². The van der Waals surface area contributed by atoms with Crippen molar-refractivity contribution in [2.45, 2.75) is 43.9 Å². The Bertz CT molecular complexity index is 1500. The summed E-state index contributed by atoms with van der Waals surface area (Å²) in [6.07, 6.45) is 10.3. The number of aromatic nitrogens is 3. The smallest absolute Gasteiger partial charge is 0.239 e. The second-order valence-electron chi connectivity index (χ2n) is 10.1. The van der Waals surface area contributed by atoms with Gasteiger partial charge in [-0.3, -0.25) is 9.79 Å². The van der Waals surface area contributed by atoms with Crippen molar-refractivity contribution in [3.8, 4) is 18.2 Å². The molecule has 2 aliphatic heterocycles. The van der Waals surface area contributed by atoms with E-state index in [0.29, 0.717) is 34.0 Å². The molecule has 11 heteroatoms. The van der Waals surface area contributed by atoms with Crippen LogP contribution >= 0.6 is 11.8 Å². The van der Waals surface area contributed by atoms with Crippen LogP contribution in [-0.4, -0.2) is 55.4 Å². The average Bonchev–Trinajstić information content (AvgIpc) is 3.46. The van der Waals surface area contributed by atoms with Crippen molar-refractivity contribution in [3.63, 3.8) is 0 Å². The number of hydrogen-bond donors (Lipinski definition) is 2. The number of amidine groups is 1. The molecule has 0 bridgehead atoms. The minimum absolute atomic E-state index is 0.0142. The van der Waals surface area contributed by atoms with E-state index in [-0.39, 0.29) is 23.6 Å². The van der Waals surface area contributed by atoms with Gasteiger partial charge in [0.15, 0.2) is 17.6 Å². The number of carbonyl (C=O) groups is 1. The maximum absolute atomic E-state index is 15.5. The molecule has 202 valence electrons. The van der Waals surface area contributed by atoms with Crippen LogP contribution in [0, 0.1) is 24.1 Å². The molecule has 5 rings (SSSR count). The highest BCUT2D eigenvalue weighted by Gasteiger charge is 2.55. The number of thioether (sulfide) groups is 1. The number of carbonyl (C=O) groups excluding carboxylic acids is 1. The summed E-state index contributed by atoms with van der Waals surface area (Å²) in [5.41, 5.74) is 7.19. The molecule has 0 saturated carbocycles. The lowest BCUT2D eigenvalue weighted by Crippen LogP contribution is -2.56. The van der Waals surface area contributed by atoms with E-state index in [4.69, 9.17) is 21.9 Å². The number of anilines is 2. The molecule has 1 fully saturated rings. The van der Waals surface area contributed by atoms with Crippen LogP contribution in [0.4, 0.5) is 15.9 Å². The van der Waals surface area contributed by atoms with Gasteiger partial charge < -0.3 is 20.7 Å². The Morgan fingerprint density at radius 1 is 1.31 bits per heavy atom. The zero-order valence-electron chi connectivity index (χ0n) is 22.1. The Labute approximate surface area is 230 Å². The first-order valence-corrected chi connectivity index (χ1v) is 13.6. The number of benzene rings is 1. The van der Waals surface area contributed by atoms with Gasteiger partial charge in [-0.2, -0.15) is 0 Å². The minimum atomic E-state index is -1.09. The Hall–Kier alpha value is -3.91. The maximum atomic E-state index is 15.5. The SMILES string of the molecule is C#CCOc1cnc2c(Nc3ccc(F)c([C@@]4(C)N=C(N)S[C@](C)(C(=O)N5CCCC5)[C@H]4C)c3)nccc2n1. The molecule has 3 atom stereocenters. The van der Waals surface area contributed by atoms with Crippen molar-refractivity contribution in [1.29, 1.82) is 0 Å². The van der Waals surface area contributed by atoms with Crippen molar-refractivity contribution < 1.29 is 13.9 Å². The summed E-state index contributed by atoms with van der Waals surface area (Å²) < 4.78 is 20.0. The summed E-state index contributed by atoms with van der Waals surface area (Å²) in [6, 6.07) is 6.40. The molecule has 0 radical (unpaired) electrons. The molecular formula is C28H30FN7O2S. The predicted octanol–water partition coefficient (Wildman–Crippen LogP) is 4.21. The molecule has 1 aromatic carbocycles. The molecule has 3 N–H and O–H groups in total. The summed E-state index contributed by atoms with van der Waals surface area (Å²) in [5, 5.41) is 3.50. The highest BCUT2D eigenvalue weighted by molar-refractivity contribution is 8.15. The molecule has 0 unspecified atom stereocenters. The monoisotopic (exact) mass is 547 g/mol. The number of pyridine rings is 1. The number of nitrogens with one attached hydrogen (secondary N) is 1. The van der Waals surface area contributed by atoms with Crippen molar-refractivity contribution >= 4 is 45.4 Å². The number of nitrogens with zero attached hydrogens (tertiary/aromatic N) is 5. The summed E-state index contributed by atoms with van der Waals surface area (Å²) in [6.45, 7) is 7.20. The fourth-order valence-electron chi connectivity index (χ4n) is 5.28. The molecular weight excluding hydrogens is 517 g/mol. The van der Waals surface area contributed by atoms with Crippen molar-refractivity contribution in [2.24, 2.45) is 16.6 Å². The number of rotatable bonds is 6. The van der Waals surface area contributed by atoms with E-state index in [9.17, 15) is 4.79 Å². The van der Waals surface area contributed by atoms with Crippen molar-refractivity contribution in [1.82, 2.24) is 19.9 Å². The van der Waals surface area contributed by atoms with E-state index >= 15 is 4.39 Å². The van der Waals surface area contributed by atoms with E-state index in [2.05, 4.69) is 26.2 Å². The van der Waals surface area contributed by atoms with Gasteiger partial charge >= 0.3 is 0 Å².